The third kappa shape index (κ3) is 1.96. The zero-order chi connectivity index (χ0) is 12.5. The fourth-order valence-electron chi connectivity index (χ4n) is 1.48. The Morgan fingerprint density at radius 1 is 1.50 bits per heavy atom. The van der Waals surface area contributed by atoms with Gasteiger partial charge in [-0.05, 0) is 6.92 Å². The lowest BCUT2D eigenvalue weighted by molar-refractivity contribution is -0.141. The van der Waals surface area contributed by atoms with Crippen molar-refractivity contribution in [3.63, 3.8) is 0 Å². The molecule has 6 heteroatoms. The van der Waals surface area contributed by atoms with Gasteiger partial charge in [-0.2, -0.15) is 0 Å². The predicted octanol–water partition coefficient (Wildman–Crippen LogP) is 0.560. The summed E-state index contributed by atoms with van der Waals surface area (Å²) >= 11 is 4.82. The third-order valence-corrected chi connectivity index (χ3v) is 3.09. The second-order valence-corrected chi connectivity index (χ2v) is 4.16. The van der Waals surface area contributed by atoms with Crippen molar-refractivity contribution in [3.8, 4) is 0 Å². The molecule has 0 aromatic carbocycles. The maximum absolute atomic E-state index is 11.1. The summed E-state index contributed by atoms with van der Waals surface area (Å²) in [6, 6.07) is 0. The van der Waals surface area contributed by atoms with Gasteiger partial charge in [-0.15, -0.1) is 0 Å². The van der Waals surface area contributed by atoms with Gasteiger partial charge in [-0.3, -0.25) is 4.79 Å². The normalized spacial score (nSPS) is 28.3. The van der Waals surface area contributed by atoms with Crippen molar-refractivity contribution in [1.29, 1.82) is 0 Å². The van der Waals surface area contributed by atoms with Crippen LogP contribution < -0.4 is 5.73 Å². The summed E-state index contributed by atoms with van der Waals surface area (Å²) < 4.78 is 0. The summed E-state index contributed by atoms with van der Waals surface area (Å²) in [7, 11) is 0. The Balaban J connectivity index is 3.22. The highest BCUT2D eigenvalue weighted by molar-refractivity contribution is 7.80. The van der Waals surface area contributed by atoms with Gasteiger partial charge in [0.1, 0.15) is 0 Å². The van der Waals surface area contributed by atoms with Gasteiger partial charge in [0, 0.05) is 0 Å². The van der Waals surface area contributed by atoms with Crippen LogP contribution in [0, 0.1) is 11.3 Å². The third-order valence-electron chi connectivity index (χ3n) is 2.65. The van der Waals surface area contributed by atoms with Gasteiger partial charge in [-0.25, -0.2) is 4.79 Å². The molecule has 4 N–H and O–H groups in total. The van der Waals surface area contributed by atoms with Crippen LogP contribution in [0.15, 0.2) is 23.8 Å². The largest absolute Gasteiger partial charge is 0.481 e. The van der Waals surface area contributed by atoms with Crippen molar-refractivity contribution in [2.75, 3.05) is 0 Å². The minimum atomic E-state index is -1.17. The molecule has 0 amide bonds. The van der Waals surface area contributed by atoms with Crippen LogP contribution in [-0.2, 0) is 9.59 Å². The second-order valence-electron chi connectivity index (χ2n) is 3.72. The van der Waals surface area contributed by atoms with Crippen LogP contribution in [0.4, 0.5) is 0 Å². The van der Waals surface area contributed by atoms with Crippen molar-refractivity contribution >= 4 is 29.1 Å². The number of nitrogens with two attached hydrogens (primary N) is 1. The van der Waals surface area contributed by atoms with E-state index < -0.39 is 23.3 Å². The molecule has 0 aromatic heterocycles. The van der Waals surface area contributed by atoms with Crippen molar-refractivity contribution in [2.24, 2.45) is 17.1 Å². The summed E-state index contributed by atoms with van der Waals surface area (Å²) in [5.41, 5.74) is 4.40. The smallest absolute Gasteiger partial charge is 0.335 e. The molecule has 1 rings (SSSR count). The highest BCUT2D eigenvalue weighted by Gasteiger charge is 2.41. The van der Waals surface area contributed by atoms with Crippen molar-refractivity contribution in [3.05, 3.63) is 23.8 Å². The van der Waals surface area contributed by atoms with Crippen molar-refractivity contribution in [2.45, 2.75) is 6.92 Å². The molecule has 0 saturated carbocycles. The van der Waals surface area contributed by atoms with E-state index in [1.807, 2.05) is 0 Å². The molecule has 5 nitrogen and oxygen atoms in total. The fraction of sp³-hybridized carbons (Fsp3) is 0.300. The van der Waals surface area contributed by atoms with E-state index in [0.29, 0.717) is 0 Å². The zero-order valence-corrected chi connectivity index (χ0v) is 9.32. The Hall–Kier alpha value is -1.69. The fourth-order valence-corrected chi connectivity index (χ4v) is 1.68. The van der Waals surface area contributed by atoms with E-state index in [1.165, 1.54) is 12.2 Å². The molecule has 0 aliphatic heterocycles. The Morgan fingerprint density at radius 3 is 2.44 bits per heavy atom. The van der Waals surface area contributed by atoms with Crippen molar-refractivity contribution < 1.29 is 19.8 Å². The number of carboxylic acids is 2. The van der Waals surface area contributed by atoms with Crippen molar-refractivity contribution in [1.82, 2.24) is 0 Å². The van der Waals surface area contributed by atoms with E-state index in [2.05, 4.69) is 0 Å². The van der Waals surface area contributed by atoms with Gasteiger partial charge < -0.3 is 15.9 Å². The van der Waals surface area contributed by atoms with Crippen LogP contribution in [0.1, 0.15) is 6.92 Å². The van der Waals surface area contributed by atoms with Crippen LogP contribution in [0.2, 0.25) is 0 Å². The molecule has 0 heterocycles. The zero-order valence-electron chi connectivity index (χ0n) is 8.51. The SMILES string of the molecule is CC1(C(N)=S)C=CC(C(=O)O)=CC1C(=O)O. The molecule has 0 radical (unpaired) electrons. The highest BCUT2D eigenvalue weighted by atomic mass is 32.1. The second kappa shape index (κ2) is 4.05. The topological polar surface area (TPSA) is 101 Å². The van der Waals surface area contributed by atoms with Gasteiger partial charge in [0.2, 0.25) is 0 Å². The Bertz CT molecular complexity index is 427. The van der Waals surface area contributed by atoms with Crippen LogP contribution >= 0.6 is 12.2 Å². The first-order valence-electron chi connectivity index (χ1n) is 4.46. The molecular weight excluding hydrogens is 230 g/mol. The van der Waals surface area contributed by atoms with E-state index in [1.54, 1.807) is 6.92 Å². The Kier molecular flexibility index (Phi) is 3.14. The van der Waals surface area contributed by atoms with Gasteiger partial charge in [0.05, 0.1) is 21.9 Å². The summed E-state index contributed by atoms with van der Waals surface area (Å²) in [6.45, 7) is 1.57. The summed E-state index contributed by atoms with van der Waals surface area (Å²) in [6.07, 6.45) is 3.91. The molecule has 0 spiro atoms. The molecule has 16 heavy (non-hydrogen) atoms. The maximum Gasteiger partial charge on any atom is 0.335 e. The molecule has 0 saturated heterocycles. The molecule has 2 atom stereocenters. The molecule has 86 valence electrons. The first kappa shape index (κ1) is 12.4. The standard InChI is InChI=1S/C10H11NO4S/c1-10(9(11)16)3-2-5(7(12)13)4-6(10)8(14)15/h2-4,6H,1H3,(H2,11,16)(H,12,13)(H,14,15). The maximum atomic E-state index is 11.1. The highest BCUT2D eigenvalue weighted by Crippen LogP contribution is 2.35. The molecule has 2 unspecified atom stereocenters. The number of carboxylic acid groups (broad SMARTS) is 2. The first-order valence-corrected chi connectivity index (χ1v) is 4.87. The predicted molar refractivity (Wildman–Crippen MR) is 60.9 cm³/mol. The lowest BCUT2D eigenvalue weighted by Crippen LogP contribution is -2.42. The Morgan fingerprint density at radius 2 is 2.06 bits per heavy atom. The lowest BCUT2D eigenvalue weighted by atomic mass is 9.73. The number of thiocarbonyl (C=S) groups is 1. The molecule has 0 aromatic rings. The number of rotatable bonds is 3. The molecule has 1 aliphatic rings. The monoisotopic (exact) mass is 241 g/mol. The molecule has 1 aliphatic carbocycles. The number of hydrogen-bond acceptors (Lipinski definition) is 3. The summed E-state index contributed by atoms with van der Waals surface area (Å²) in [5.74, 6) is -3.38. The van der Waals surface area contributed by atoms with E-state index in [9.17, 15) is 9.59 Å². The molecule has 0 fully saturated rings. The quantitative estimate of drug-likeness (QED) is 0.624. The van der Waals surface area contributed by atoms with E-state index in [-0.39, 0.29) is 10.6 Å². The number of hydrogen-bond donors (Lipinski definition) is 3. The van der Waals surface area contributed by atoms with E-state index >= 15 is 0 Å². The lowest BCUT2D eigenvalue weighted by Gasteiger charge is -2.32. The average molecular weight is 241 g/mol. The van der Waals surface area contributed by atoms with Gasteiger partial charge in [0.25, 0.3) is 0 Å². The summed E-state index contributed by atoms with van der Waals surface area (Å²) in [4.78, 5) is 21.8. The molecule has 0 bridgehead atoms. The first-order chi connectivity index (χ1) is 7.29. The van der Waals surface area contributed by atoms with Crippen LogP contribution in [0.25, 0.3) is 0 Å². The molecular formula is C10H11NO4S. The van der Waals surface area contributed by atoms with E-state index in [0.717, 1.165) is 6.08 Å². The van der Waals surface area contributed by atoms with E-state index in [4.69, 9.17) is 28.2 Å². The van der Waals surface area contributed by atoms with Gasteiger partial charge in [0.15, 0.2) is 0 Å². The van der Waals surface area contributed by atoms with Crippen LogP contribution in [-0.4, -0.2) is 27.1 Å². The van der Waals surface area contributed by atoms with Crippen LogP contribution in [0.3, 0.4) is 0 Å². The van der Waals surface area contributed by atoms with Crippen LogP contribution in [0.5, 0.6) is 0 Å². The number of carbonyl (C=O) groups is 2. The minimum Gasteiger partial charge on any atom is -0.481 e. The van der Waals surface area contributed by atoms with Gasteiger partial charge >= 0.3 is 11.9 Å². The van der Waals surface area contributed by atoms with Gasteiger partial charge in [-0.1, -0.05) is 30.4 Å². The minimum absolute atomic E-state index is 0.0249. The Labute approximate surface area is 97.2 Å². The number of aliphatic carboxylic acids is 2. The average Bonchev–Trinajstić information content (AvgIpc) is 2.17. The summed E-state index contributed by atoms with van der Waals surface area (Å²) in [5, 5.41) is 17.8.